The molecule has 1 aliphatic heterocycles. The standard InChI is InChI=1S/C25H28FN7O/c1-34-20-8-4-3-7-19(20)22-21-23(27)33(18-11-9-17(26)10-12-18)31-24(21)30-25(29-22)28-13-16-32-14-5-2-6-15-32/h3-4,7-12H,2,5-6,13-16,27H2,1H3,(H,28,30,31). The Hall–Kier alpha value is -3.72. The number of fused-ring (bicyclic) bond motifs is 1. The number of benzene rings is 2. The number of nitrogens with zero attached hydrogens (tertiary/aromatic N) is 5. The molecule has 0 atom stereocenters. The van der Waals surface area contributed by atoms with Gasteiger partial charge in [0, 0.05) is 18.7 Å². The van der Waals surface area contributed by atoms with Crippen molar-refractivity contribution in [3.63, 3.8) is 0 Å². The zero-order valence-corrected chi connectivity index (χ0v) is 19.2. The van der Waals surface area contributed by atoms with Crippen LogP contribution in [0.1, 0.15) is 19.3 Å². The van der Waals surface area contributed by atoms with Crippen molar-refractivity contribution in [1.82, 2.24) is 24.6 Å². The third-order valence-corrected chi connectivity index (χ3v) is 6.16. The Kier molecular flexibility index (Phi) is 6.27. The third kappa shape index (κ3) is 4.38. The van der Waals surface area contributed by atoms with Crippen LogP contribution in [-0.2, 0) is 0 Å². The number of likely N-dealkylation sites (tertiary alicyclic amines) is 1. The normalized spacial score (nSPS) is 14.4. The zero-order chi connectivity index (χ0) is 23.5. The number of halogens is 1. The molecule has 3 N–H and O–H groups in total. The van der Waals surface area contributed by atoms with Gasteiger partial charge in [0.1, 0.15) is 17.4 Å². The van der Waals surface area contributed by atoms with Crippen LogP contribution in [0.15, 0.2) is 48.5 Å². The first-order chi connectivity index (χ1) is 16.6. The van der Waals surface area contributed by atoms with E-state index < -0.39 is 0 Å². The lowest BCUT2D eigenvalue weighted by atomic mass is 10.1. The largest absolute Gasteiger partial charge is 0.496 e. The molecule has 176 valence electrons. The van der Waals surface area contributed by atoms with Gasteiger partial charge in [-0.25, -0.2) is 14.1 Å². The summed E-state index contributed by atoms with van der Waals surface area (Å²) < 4.78 is 20.6. The number of methoxy groups -OCH3 is 1. The first kappa shape index (κ1) is 22.1. The molecule has 2 aromatic heterocycles. The van der Waals surface area contributed by atoms with Crippen molar-refractivity contribution >= 4 is 22.8 Å². The van der Waals surface area contributed by atoms with Gasteiger partial charge in [0.2, 0.25) is 5.95 Å². The number of nitrogen functional groups attached to an aromatic ring is 1. The summed E-state index contributed by atoms with van der Waals surface area (Å²) in [6.07, 6.45) is 3.81. The van der Waals surface area contributed by atoms with Crippen LogP contribution in [0.5, 0.6) is 5.75 Å². The van der Waals surface area contributed by atoms with Gasteiger partial charge in [-0.15, -0.1) is 5.10 Å². The van der Waals surface area contributed by atoms with Crippen molar-refractivity contribution in [3.05, 3.63) is 54.3 Å². The Bertz CT molecular complexity index is 1280. The van der Waals surface area contributed by atoms with E-state index in [1.54, 1.807) is 23.9 Å². The van der Waals surface area contributed by atoms with Crippen molar-refractivity contribution in [3.8, 4) is 22.7 Å². The zero-order valence-electron chi connectivity index (χ0n) is 19.2. The highest BCUT2D eigenvalue weighted by Crippen LogP contribution is 2.37. The average Bonchev–Trinajstić information content (AvgIpc) is 3.21. The maximum atomic E-state index is 13.5. The molecule has 0 amide bonds. The van der Waals surface area contributed by atoms with E-state index in [0.29, 0.717) is 39.9 Å². The minimum Gasteiger partial charge on any atom is -0.496 e. The van der Waals surface area contributed by atoms with Crippen LogP contribution in [0.2, 0.25) is 0 Å². The third-order valence-electron chi connectivity index (χ3n) is 6.16. The molecule has 0 spiro atoms. The van der Waals surface area contributed by atoms with Crippen LogP contribution in [0.4, 0.5) is 16.2 Å². The number of aromatic nitrogens is 4. The first-order valence-corrected chi connectivity index (χ1v) is 11.6. The van der Waals surface area contributed by atoms with Crippen LogP contribution in [0, 0.1) is 5.82 Å². The molecule has 0 bridgehead atoms. The molecule has 0 aliphatic carbocycles. The van der Waals surface area contributed by atoms with Crippen molar-refractivity contribution in [2.45, 2.75) is 19.3 Å². The average molecular weight is 462 g/mol. The number of piperidine rings is 1. The lowest BCUT2D eigenvalue weighted by Crippen LogP contribution is -2.33. The highest BCUT2D eigenvalue weighted by atomic mass is 19.1. The number of para-hydroxylation sites is 1. The van der Waals surface area contributed by atoms with Crippen LogP contribution >= 0.6 is 0 Å². The summed E-state index contributed by atoms with van der Waals surface area (Å²) in [6, 6.07) is 13.7. The van der Waals surface area contributed by atoms with Crippen molar-refractivity contribution < 1.29 is 9.13 Å². The second-order valence-electron chi connectivity index (χ2n) is 8.40. The minimum absolute atomic E-state index is 0.325. The van der Waals surface area contributed by atoms with Gasteiger partial charge in [-0.1, -0.05) is 18.6 Å². The van der Waals surface area contributed by atoms with Gasteiger partial charge in [-0.05, 0) is 62.3 Å². The van der Waals surface area contributed by atoms with E-state index in [2.05, 4.69) is 20.3 Å². The fraction of sp³-hybridized carbons (Fsp3) is 0.320. The molecule has 9 heteroatoms. The van der Waals surface area contributed by atoms with E-state index in [4.69, 9.17) is 15.5 Å². The molecular formula is C25H28FN7O. The van der Waals surface area contributed by atoms with E-state index in [1.807, 2.05) is 24.3 Å². The maximum Gasteiger partial charge on any atom is 0.225 e. The van der Waals surface area contributed by atoms with E-state index in [0.717, 1.165) is 31.7 Å². The summed E-state index contributed by atoms with van der Waals surface area (Å²) in [4.78, 5) is 11.9. The number of rotatable bonds is 7. The van der Waals surface area contributed by atoms with Crippen LogP contribution in [-0.4, -0.2) is 57.9 Å². The van der Waals surface area contributed by atoms with Crippen molar-refractivity contribution in [2.75, 3.05) is 44.3 Å². The van der Waals surface area contributed by atoms with Gasteiger partial charge in [0.05, 0.1) is 23.9 Å². The van der Waals surface area contributed by atoms with Gasteiger partial charge in [0.15, 0.2) is 5.65 Å². The molecule has 34 heavy (non-hydrogen) atoms. The van der Waals surface area contributed by atoms with E-state index >= 15 is 0 Å². The number of hydrogen-bond acceptors (Lipinski definition) is 7. The Morgan fingerprint density at radius 2 is 1.79 bits per heavy atom. The van der Waals surface area contributed by atoms with Crippen molar-refractivity contribution in [1.29, 1.82) is 0 Å². The van der Waals surface area contributed by atoms with Crippen LogP contribution < -0.4 is 15.8 Å². The number of hydrogen-bond donors (Lipinski definition) is 2. The molecule has 5 rings (SSSR count). The maximum absolute atomic E-state index is 13.5. The van der Waals surface area contributed by atoms with Gasteiger partial charge in [-0.2, -0.15) is 4.98 Å². The minimum atomic E-state index is -0.325. The number of anilines is 2. The van der Waals surface area contributed by atoms with Crippen LogP contribution in [0.3, 0.4) is 0 Å². The summed E-state index contributed by atoms with van der Waals surface area (Å²) in [5.74, 6) is 1.21. The molecular weight excluding hydrogens is 433 g/mol. The predicted octanol–water partition coefficient (Wildman–Crippen LogP) is 4.11. The molecule has 0 radical (unpaired) electrons. The summed E-state index contributed by atoms with van der Waals surface area (Å²) in [5, 5.41) is 8.62. The van der Waals surface area contributed by atoms with E-state index in [9.17, 15) is 4.39 Å². The Labute approximate surface area is 197 Å². The molecule has 2 aromatic carbocycles. The molecule has 0 unspecified atom stereocenters. The Balaban J connectivity index is 1.56. The summed E-state index contributed by atoms with van der Waals surface area (Å²) in [6.45, 7) is 3.92. The number of nitrogens with one attached hydrogen (secondary N) is 1. The highest BCUT2D eigenvalue weighted by Gasteiger charge is 2.21. The molecule has 0 saturated carbocycles. The summed E-state index contributed by atoms with van der Waals surface area (Å²) in [5.41, 5.74) is 9.07. The summed E-state index contributed by atoms with van der Waals surface area (Å²) >= 11 is 0. The second-order valence-corrected chi connectivity index (χ2v) is 8.40. The number of nitrogens with two attached hydrogens (primary N) is 1. The fourth-order valence-electron chi connectivity index (χ4n) is 4.41. The smallest absolute Gasteiger partial charge is 0.225 e. The quantitative estimate of drug-likeness (QED) is 0.428. The topological polar surface area (TPSA) is 94.1 Å². The molecule has 3 heterocycles. The lowest BCUT2D eigenvalue weighted by molar-refractivity contribution is 0.237. The monoisotopic (exact) mass is 461 g/mol. The fourth-order valence-corrected chi connectivity index (χ4v) is 4.41. The SMILES string of the molecule is COc1ccccc1-c1nc(NCCN2CCCCC2)nc2nn(-c3ccc(F)cc3)c(N)c12. The predicted molar refractivity (Wildman–Crippen MR) is 132 cm³/mol. The van der Waals surface area contributed by atoms with Crippen LogP contribution in [0.25, 0.3) is 28.0 Å². The Morgan fingerprint density at radius 3 is 2.56 bits per heavy atom. The molecule has 8 nitrogen and oxygen atoms in total. The molecule has 4 aromatic rings. The first-order valence-electron chi connectivity index (χ1n) is 11.6. The molecule has 1 aliphatic rings. The molecule has 1 fully saturated rings. The Morgan fingerprint density at radius 1 is 1.03 bits per heavy atom. The van der Waals surface area contributed by atoms with Crippen molar-refractivity contribution in [2.24, 2.45) is 0 Å². The summed E-state index contributed by atoms with van der Waals surface area (Å²) in [7, 11) is 1.63. The highest BCUT2D eigenvalue weighted by molar-refractivity contribution is 6.00. The molecule has 1 saturated heterocycles. The van der Waals surface area contributed by atoms with Gasteiger partial charge in [-0.3, -0.25) is 0 Å². The van der Waals surface area contributed by atoms with E-state index in [1.165, 1.54) is 31.4 Å². The lowest BCUT2D eigenvalue weighted by Gasteiger charge is -2.26. The number of ether oxygens (including phenoxy) is 1. The van der Waals surface area contributed by atoms with Gasteiger partial charge >= 0.3 is 0 Å². The second kappa shape index (κ2) is 9.64. The van der Waals surface area contributed by atoms with E-state index in [-0.39, 0.29) is 5.82 Å². The van der Waals surface area contributed by atoms with Gasteiger partial charge in [0.25, 0.3) is 0 Å². The van der Waals surface area contributed by atoms with Gasteiger partial charge < -0.3 is 20.7 Å².